The van der Waals surface area contributed by atoms with Crippen LogP contribution < -0.4 is 5.73 Å². The second-order valence-electron chi connectivity index (χ2n) is 5.22. The van der Waals surface area contributed by atoms with E-state index in [9.17, 15) is 23.1 Å². The molecule has 1 aromatic rings. The molecule has 1 heterocycles. The highest BCUT2D eigenvalue weighted by molar-refractivity contribution is 5.95. The van der Waals surface area contributed by atoms with E-state index in [0.717, 1.165) is 19.3 Å². The van der Waals surface area contributed by atoms with E-state index in [1.807, 2.05) is 0 Å². The number of hydrogen-bond acceptors (Lipinski definition) is 3. The van der Waals surface area contributed by atoms with Gasteiger partial charge in [-0.15, -0.1) is 12.4 Å². The lowest BCUT2D eigenvalue weighted by atomic mass is 9.94. The molecule has 1 aromatic carbocycles. The number of phenolic OH excluding ortho intramolecular Hbond substituents is 1. The third kappa shape index (κ3) is 3.64. The number of benzene rings is 1. The molecule has 8 heteroatoms. The summed E-state index contributed by atoms with van der Waals surface area (Å²) >= 11 is 0. The van der Waals surface area contributed by atoms with Crippen molar-refractivity contribution in [1.29, 1.82) is 0 Å². The normalized spacial score (nSPS) is 18.0. The molecule has 4 nitrogen and oxygen atoms in total. The minimum absolute atomic E-state index is 0. The number of piperidine rings is 1. The number of hydrogen-bond donors (Lipinski definition) is 2. The highest BCUT2D eigenvalue weighted by atomic mass is 35.5. The molecule has 0 aliphatic carbocycles. The first-order chi connectivity index (χ1) is 9.95. The molecule has 1 aliphatic heterocycles. The molecule has 0 spiro atoms. The molecule has 1 saturated heterocycles. The fraction of sp³-hybridized carbons (Fsp3) is 0.500. The number of nitrogens with zero attached hydrogens (tertiary/aromatic N) is 1. The van der Waals surface area contributed by atoms with Crippen LogP contribution in [-0.4, -0.2) is 35.5 Å². The molecule has 0 aromatic heterocycles. The minimum atomic E-state index is -1.69. The van der Waals surface area contributed by atoms with Gasteiger partial charge in [-0.05, 0) is 37.8 Å². The fourth-order valence-electron chi connectivity index (χ4n) is 2.64. The van der Waals surface area contributed by atoms with Gasteiger partial charge in [0.05, 0.1) is 5.56 Å². The average molecular weight is 339 g/mol. The Morgan fingerprint density at radius 2 is 2.05 bits per heavy atom. The highest BCUT2D eigenvalue weighted by Crippen LogP contribution is 2.28. The Bertz CT molecular complexity index is 555. The van der Waals surface area contributed by atoms with Crippen LogP contribution in [0.25, 0.3) is 0 Å². The summed E-state index contributed by atoms with van der Waals surface area (Å²) in [4.78, 5) is 13.6. The van der Waals surface area contributed by atoms with E-state index in [1.54, 1.807) is 0 Å². The van der Waals surface area contributed by atoms with Gasteiger partial charge in [0.15, 0.2) is 17.4 Å². The van der Waals surface area contributed by atoms with Crippen LogP contribution in [0.4, 0.5) is 13.2 Å². The summed E-state index contributed by atoms with van der Waals surface area (Å²) in [6.45, 7) is 1.31. The Kier molecular flexibility index (Phi) is 6.49. The maximum absolute atomic E-state index is 13.8. The molecular formula is C14H18ClF3N2O2. The number of rotatable bonds is 3. The number of amides is 1. The summed E-state index contributed by atoms with van der Waals surface area (Å²) in [5.41, 5.74) is 4.83. The van der Waals surface area contributed by atoms with Crippen LogP contribution >= 0.6 is 12.4 Å². The number of nitrogens with two attached hydrogens (primary N) is 1. The number of halogens is 4. The molecule has 2 rings (SSSR count). The Labute approximate surface area is 132 Å². The van der Waals surface area contributed by atoms with Gasteiger partial charge >= 0.3 is 0 Å². The summed E-state index contributed by atoms with van der Waals surface area (Å²) in [7, 11) is 0. The molecule has 1 aliphatic rings. The zero-order valence-electron chi connectivity index (χ0n) is 11.8. The second kappa shape index (κ2) is 7.69. The van der Waals surface area contributed by atoms with Gasteiger partial charge in [-0.3, -0.25) is 4.79 Å². The predicted octanol–water partition coefficient (Wildman–Crippen LogP) is 2.43. The molecule has 0 radical (unpaired) electrons. The molecule has 1 unspecified atom stereocenters. The summed E-state index contributed by atoms with van der Waals surface area (Å²) < 4.78 is 40.1. The summed E-state index contributed by atoms with van der Waals surface area (Å²) in [6, 6.07) is 0.485. The van der Waals surface area contributed by atoms with E-state index in [4.69, 9.17) is 5.73 Å². The number of aromatic hydroxyl groups is 1. The van der Waals surface area contributed by atoms with Crippen molar-refractivity contribution in [2.24, 2.45) is 11.7 Å². The van der Waals surface area contributed by atoms with Crippen LogP contribution in [0.1, 0.15) is 29.6 Å². The van der Waals surface area contributed by atoms with Gasteiger partial charge in [0.2, 0.25) is 5.82 Å². The largest absolute Gasteiger partial charge is 0.503 e. The number of carbonyl (C=O) groups is 1. The third-order valence-electron chi connectivity index (χ3n) is 3.74. The lowest BCUT2D eigenvalue weighted by Gasteiger charge is -2.32. The van der Waals surface area contributed by atoms with Crippen molar-refractivity contribution in [3.63, 3.8) is 0 Å². The Hall–Kier alpha value is -1.47. The minimum Gasteiger partial charge on any atom is -0.503 e. The predicted molar refractivity (Wildman–Crippen MR) is 77.5 cm³/mol. The van der Waals surface area contributed by atoms with Crippen LogP contribution in [0.5, 0.6) is 5.75 Å². The Balaban J connectivity index is 0.00000242. The fourth-order valence-corrected chi connectivity index (χ4v) is 2.64. The molecular weight excluding hydrogens is 321 g/mol. The van der Waals surface area contributed by atoms with Gasteiger partial charge in [-0.2, -0.15) is 4.39 Å². The van der Waals surface area contributed by atoms with Gasteiger partial charge < -0.3 is 15.7 Å². The van der Waals surface area contributed by atoms with Crippen LogP contribution in [0.2, 0.25) is 0 Å². The van der Waals surface area contributed by atoms with Gasteiger partial charge in [-0.1, -0.05) is 0 Å². The topological polar surface area (TPSA) is 66.6 Å². The van der Waals surface area contributed by atoms with E-state index in [-0.39, 0.29) is 18.3 Å². The van der Waals surface area contributed by atoms with Crippen molar-refractivity contribution in [3.8, 4) is 5.75 Å². The van der Waals surface area contributed by atoms with Gasteiger partial charge in [0.1, 0.15) is 0 Å². The van der Waals surface area contributed by atoms with Crippen LogP contribution in [0, 0.1) is 23.4 Å². The average Bonchev–Trinajstić information content (AvgIpc) is 2.49. The van der Waals surface area contributed by atoms with Crippen LogP contribution in [0.3, 0.4) is 0 Å². The van der Waals surface area contributed by atoms with Crippen molar-refractivity contribution >= 4 is 18.3 Å². The first kappa shape index (κ1) is 18.6. The van der Waals surface area contributed by atoms with Crippen molar-refractivity contribution in [2.75, 3.05) is 19.6 Å². The monoisotopic (exact) mass is 338 g/mol. The Morgan fingerprint density at radius 1 is 1.36 bits per heavy atom. The lowest BCUT2D eigenvalue weighted by Crippen LogP contribution is -2.40. The van der Waals surface area contributed by atoms with E-state index in [1.165, 1.54) is 4.90 Å². The number of carbonyl (C=O) groups excluding carboxylic acids is 1. The first-order valence-corrected chi connectivity index (χ1v) is 6.81. The number of likely N-dealkylation sites (tertiary alicyclic amines) is 1. The molecule has 0 bridgehead atoms. The molecule has 1 atom stereocenters. The zero-order chi connectivity index (χ0) is 15.6. The van der Waals surface area contributed by atoms with Crippen molar-refractivity contribution in [1.82, 2.24) is 4.90 Å². The summed E-state index contributed by atoms with van der Waals surface area (Å²) in [6.07, 6.45) is 2.41. The SMILES string of the molecule is Cl.NCCC1CCCN(C(=O)c2cc(F)c(F)c(O)c2F)C1. The van der Waals surface area contributed by atoms with E-state index >= 15 is 0 Å². The lowest BCUT2D eigenvalue weighted by molar-refractivity contribution is 0.0663. The zero-order valence-corrected chi connectivity index (χ0v) is 12.6. The quantitative estimate of drug-likeness (QED) is 0.832. The van der Waals surface area contributed by atoms with Crippen molar-refractivity contribution in [2.45, 2.75) is 19.3 Å². The van der Waals surface area contributed by atoms with Gasteiger partial charge in [0.25, 0.3) is 5.91 Å². The molecule has 124 valence electrons. The molecule has 3 N–H and O–H groups in total. The number of phenols is 1. The van der Waals surface area contributed by atoms with Gasteiger partial charge in [0, 0.05) is 13.1 Å². The second-order valence-corrected chi connectivity index (χ2v) is 5.22. The van der Waals surface area contributed by atoms with Crippen molar-refractivity contribution in [3.05, 3.63) is 29.1 Å². The van der Waals surface area contributed by atoms with Crippen molar-refractivity contribution < 1.29 is 23.1 Å². The van der Waals surface area contributed by atoms with E-state index < -0.39 is 34.7 Å². The summed E-state index contributed by atoms with van der Waals surface area (Å²) in [5, 5.41) is 9.17. The van der Waals surface area contributed by atoms with E-state index in [2.05, 4.69) is 0 Å². The maximum atomic E-state index is 13.8. The van der Waals surface area contributed by atoms with Crippen LogP contribution in [0.15, 0.2) is 6.07 Å². The first-order valence-electron chi connectivity index (χ1n) is 6.81. The molecule has 22 heavy (non-hydrogen) atoms. The van der Waals surface area contributed by atoms with E-state index in [0.29, 0.717) is 25.7 Å². The third-order valence-corrected chi connectivity index (χ3v) is 3.74. The summed E-state index contributed by atoms with van der Waals surface area (Å²) in [5.74, 6) is -6.57. The van der Waals surface area contributed by atoms with Crippen LogP contribution in [-0.2, 0) is 0 Å². The Morgan fingerprint density at radius 3 is 2.68 bits per heavy atom. The molecule has 0 saturated carbocycles. The standard InChI is InChI=1S/C14H17F3N2O2.ClH/c15-10-6-9(11(16)13(20)12(10)17)14(21)19-5-1-2-8(7-19)3-4-18;/h6,8,20H,1-5,7,18H2;1H. The highest BCUT2D eigenvalue weighted by Gasteiger charge is 2.29. The van der Waals surface area contributed by atoms with Gasteiger partial charge in [-0.25, -0.2) is 8.78 Å². The molecule has 1 amide bonds. The molecule has 1 fully saturated rings. The smallest absolute Gasteiger partial charge is 0.257 e. The maximum Gasteiger partial charge on any atom is 0.257 e.